The lowest BCUT2D eigenvalue weighted by molar-refractivity contribution is -0.385. The number of amides is 2. The maximum absolute atomic E-state index is 13.2. The first-order valence-corrected chi connectivity index (χ1v) is 9.83. The van der Waals surface area contributed by atoms with E-state index < -0.39 is 11.0 Å². The molecule has 8 heteroatoms. The van der Waals surface area contributed by atoms with Crippen LogP contribution in [0.5, 0.6) is 5.75 Å². The van der Waals surface area contributed by atoms with Gasteiger partial charge in [0.15, 0.2) is 0 Å². The summed E-state index contributed by atoms with van der Waals surface area (Å²) >= 11 is 0. The van der Waals surface area contributed by atoms with Gasteiger partial charge in [0.05, 0.1) is 18.5 Å². The van der Waals surface area contributed by atoms with Gasteiger partial charge in [0, 0.05) is 24.7 Å². The van der Waals surface area contributed by atoms with E-state index in [0.29, 0.717) is 24.3 Å². The minimum absolute atomic E-state index is 0.113. The SMILES string of the molecule is CCNC(=O)[C@@H](CC)N(Cc1cccc(OC)c1)C(=O)Cc1ccccc1[N+](=O)[O-]. The fraction of sp³-hybridized carbons (Fsp3) is 0.364. The third kappa shape index (κ3) is 5.79. The zero-order valence-electron chi connectivity index (χ0n) is 17.5. The van der Waals surface area contributed by atoms with E-state index in [-0.39, 0.29) is 30.5 Å². The Kier molecular flexibility index (Phi) is 8.34. The molecule has 1 N–H and O–H groups in total. The van der Waals surface area contributed by atoms with Crippen LogP contribution in [0.4, 0.5) is 5.69 Å². The summed E-state index contributed by atoms with van der Waals surface area (Å²) in [7, 11) is 1.56. The summed E-state index contributed by atoms with van der Waals surface area (Å²) in [5.41, 5.74) is 1.00. The van der Waals surface area contributed by atoms with E-state index in [1.54, 1.807) is 37.4 Å². The van der Waals surface area contributed by atoms with Crippen molar-refractivity contribution < 1.29 is 19.2 Å². The van der Waals surface area contributed by atoms with Crippen LogP contribution in [0.15, 0.2) is 48.5 Å². The number of rotatable bonds is 10. The third-order valence-corrected chi connectivity index (χ3v) is 4.75. The van der Waals surface area contributed by atoms with Crippen molar-refractivity contribution in [2.24, 2.45) is 0 Å². The van der Waals surface area contributed by atoms with Gasteiger partial charge in [-0.05, 0) is 31.0 Å². The Labute approximate surface area is 176 Å². The highest BCUT2D eigenvalue weighted by Gasteiger charge is 2.29. The van der Waals surface area contributed by atoms with E-state index in [1.807, 2.05) is 26.0 Å². The van der Waals surface area contributed by atoms with Crippen LogP contribution >= 0.6 is 0 Å². The molecule has 0 bridgehead atoms. The smallest absolute Gasteiger partial charge is 0.273 e. The zero-order valence-corrected chi connectivity index (χ0v) is 17.5. The summed E-state index contributed by atoms with van der Waals surface area (Å²) in [5.74, 6) is 0.0358. The Hall–Kier alpha value is -3.42. The number of nitrogens with zero attached hydrogens (tertiary/aromatic N) is 2. The van der Waals surface area contributed by atoms with Crippen LogP contribution < -0.4 is 10.1 Å². The normalized spacial score (nSPS) is 11.4. The molecule has 0 aliphatic heterocycles. The molecule has 0 aromatic heterocycles. The second-order valence-electron chi connectivity index (χ2n) is 6.75. The number of hydrogen-bond donors (Lipinski definition) is 1. The van der Waals surface area contributed by atoms with Crippen LogP contribution in [0, 0.1) is 10.1 Å². The first kappa shape index (κ1) is 22.9. The number of carbonyl (C=O) groups is 2. The molecule has 0 fully saturated rings. The number of benzene rings is 2. The molecule has 30 heavy (non-hydrogen) atoms. The molecule has 2 rings (SSSR count). The molecule has 2 aromatic rings. The summed E-state index contributed by atoms with van der Waals surface area (Å²) in [5, 5.41) is 14.1. The molecule has 0 unspecified atom stereocenters. The van der Waals surface area contributed by atoms with Crippen LogP contribution in [0.3, 0.4) is 0 Å². The predicted octanol–water partition coefficient (Wildman–Crippen LogP) is 3.09. The van der Waals surface area contributed by atoms with Gasteiger partial charge in [-0.1, -0.05) is 37.3 Å². The van der Waals surface area contributed by atoms with Crippen molar-refractivity contribution in [1.29, 1.82) is 0 Å². The molecule has 2 aromatic carbocycles. The summed E-state index contributed by atoms with van der Waals surface area (Å²) in [6.45, 7) is 4.27. The van der Waals surface area contributed by atoms with Gasteiger partial charge < -0.3 is 15.0 Å². The Balaban J connectivity index is 2.37. The van der Waals surface area contributed by atoms with E-state index in [4.69, 9.17) is 4.74 Å². The first-order chi connectivity index (χ1) is 14.4. The van der Waals surface area contributed by atoms with Crippen LogP contribution in [-0.2, 0) is 22.6 Å². The van der Waals surface area contributed by atoms with Gasteiger partial charge in [0.25, 0.3) is 5.69 Å². The van der Waals surface area contributed by atoms with Crippen molar-refractivity contribution in [1.82, 2.24) is 10.2 Å². The molecule has 0 aliphatic rings. The van der Waals surface area contributed by atoms with Crippen LogP contribution in [0.25, 0.3) is 0 Å². The molecule has 160 valence electrons. The summed E-state index contributed by atoms with van der Waals surface area (Å²) in [6, 6.07) is 12.7. The number of nitrogens with one attached hydrogen (secondary N) is 1. The molecule has 0 saturated heterocycles. The van der Waals surface area contributed by atoms with Gasteiger partial charge in [-0.15, -0.1) is 0 Å². The van der Waals surface area contributed by atoms with Crippen molar-refractivity contribution >= 4 is 17.5 Å². The average Bonchev–Trinajstić information content (AvgIpc) is 2.74. The van der Waals surface area contributed by atoms with Gasteiger partial charge in [-0.25, -0.2) is 0 Å². The number of carbonyl (C=O) groups excluding carboxylic acids is 2. The number of para-hydroxylation sites is 1. The van der Waals surface area contributed by atoms with Gasteiger partial charge in [-0.2, -0.15) is 0 Å². The van der Waals surface area contributed by atoms with Crippen molar-refractivity contribution in [3.8, 4) is 5.75 Å². The van der Waals surface area contributed by atoms with Gasteiger partial charge >= 0.3 is 0 Å². The Morgan fingerprint density at radius 2 is 1.90 bits per heavy atom. The monoisotopic (exact) mass is 413 g/mol. The van der Waals surface area contributed by atoms with E-state index in [0.717, 1.165) is 5.56 Å². The minimum atomic E-state index is -0.689. The second kappa shape index (κ2) is 10.9. The fourth-order valence-corrected chi connectivity index (χ4v) is 3.28. The standard InChI is InChI=1S/C22H27N3O5/c1-4-19(22(27)23-5-2)24(15-16-9-8-11-18(13-16)30-3)21(26)14-17-10-6-7-12-20(17)25(28)29/h6-13,19H,4-5,14-15H2,1-3H3,(H,23,27)/t19-/m1/s1. The zero-order chi connectivity index (χ0) is 22.1. The van der Waals surface area contributed by atoms with E-state index in [2.05, 4.69) is 5.32 Å². The average molecular weight is 413 g/mol. The maximum Gasteiger partial charge on any atom is 0.273 e. The van der Waals surface area contributed by atoms with Crippen LogP contribution in [0.1, 0.15) is 31.4 Å². The molecule has 0 radical (unpaired) electrons. The van der Waals surface area contributed by atoms with Crippen molar-refractivity contribution in [3.63, 3.8) is 0 Å². The molecule has 0 aliphatic carbocycles. The summed E-state index contributed by atoms with van der Waals surface area (Å²) in [6.07, 6.45) is 0.245. The molecule has 2 amide bonds. The lowest BCUT2D eigenvalue weighted by atomic mass is 10.1. The summed E-state index contributed by atoms with van der Waals surface area (Å²) in [4.78, 5) is 38.2. The van der Waals surface area contributed by atoms with Gasteiger partial charge in [0.2, 0.25) is 11.8 Å². The molecule has 0 saturated carbocycles. The van der Waals surface area contributed by atoms with Crippen molar-refractivity contribution in [2.75, 3.05) is 13.7 Å². The number of nitro groups is 1. The van der Waals surface area contributed by atoms with Gasteiger partial charge in [-0.3, -0.25) is 19.7 Å². The quantitative estimate of drug-likeness (QED) is 0.476. The molecular formula is C22H27N3O5. The first-order valence-electron chi connectivity index (χ1n) is 9.83. The highest BCUT2D eigenvalue weighted by atomic mass is 16.6. The minimum Gasteiger partial charge on any atom is -0.497 e. The lowest BCUT2D eigenvalue weighted by Crippen LogP contribution is -2.49. The third-order valence-electron chi connectivity index (χ3n) is 4.75. The Morgan fingerprint density at radius 1 is 1.17 bits per heavy atom. The summed E-state index contributed by atoms with van der Waals surface area (Å²) < 4.78 is 5.25. The number of ether oxygens (including phenoxy) is 1. The largest absolute Gasteiger partial charge is 0.497 e. The molecule has 0 heterocycles. The molecule has 8 nitrogen and oxygen atoms in total. The number of nitro benzene ring substituents is 1. The number of methoxy groups -OCH3 is 1. The topological polar surface area (TPSA) is 102 Å². The molecular weight excluding hydrogens is 386 g/mol. The Bertz CT molecular complexity index is 900. The lowest BCUT2D eigenvalue weighted by Gasteiger charge is -2.30. The van der Waals surface area contributed by atoms with Crippen molar-refractivity contribution in [2.45, 2.75) is 39.3 Å². The molecule has 1 atom stereocenters. The van der Waals surface area contributed by atoms with Gasteiger partial charge in [0.1, 0.15) is 11.8 Å². The van der Waals surface area contributed by atoms with E-state index in [1.165, 1.54) is 11.0 Å². The fourth-order valence-electron chi connectivity index (χ4n) is 3.28. The van der Waals surface area contributed by atoms with Crippen molar-refractivity contribution in [3.05, 3.63) is 69.8 Å². The molecule has 0 spiro atoms. The predicted molar refractivity (Wildman–Crippen MR) is 113 cm³/mol. The Morgan fingerprint density at radius 3 is 2.53 bits per heavy atom. The van der Waals surface area contributed by atoms with Crippen LogP contribution in [-0.4, -0.2) is 41.3 Å². The number of hydrogen-bond acceptors (Lipinski definition) is 5. The highest BCUT2D eigenvalue weighted by molar-refractivity contribution is 5.88. The van der Waals surface area contributed by atoms with E-state index >= 15 is 0 Å². The van der Waals surface area contributed by atoms with Crippen LogP contribution in [0.2, 0.25) is 0 Å². The number of likely N-dealkylation sites (N-methyl/N-ethyl adjacent to an activating group) is 1. The maximum atomic E-state index is 13.2. The van der Waals surface area contributed by atoms with E-state index in [9.17, 15) is 19.7 Å². The second-order valence-corrected chi connectivity index (χ2v) is 6.75. The highest BCUT2D eigenvalue weighted by Crippen LogP contribution is 2.22.